The summed E-state index contributed by atoms with van der Waals surface area (Å²) < 4.78 is 5.16. The lowest BCUT2D eigenvalue weighted by Crippen LogP contribution is -2.47. The second kappa shape index (κ2) is 8.62. The lowest BCUT2D eigenvalue weighted by atomic mass is 10.1. The molecule has 0 radical (unpaired) electrons. The standard InChI is InChI=1S/C19H25N5O2/c1-23-11-13-24(14-12-23)19(25)17-7-8-18(22-21-17)20-10-9-15-3-5-16(26-2)6-4-15/h3-8H,9-14H2,1-2H3,(H,20,22). The minimum absolute atomic E-state index is 0.0459. The lowest BCUT2D eigenvalue weighted by molar-refractivity contribution is 0.0657. The quantitative estimate of drug-likeness (QED) is 0.847. The van der Waals surface area contributed by atoms with Gasteiger partial charge in [-0.15, -0.1) is 10.2 Å². The maximum Gasteiger partial charge on any atom is 0.274 e. The Balaban J connectivity index is 1.48. The average Bonchev–Trinajstić information content (AvgIpc) is 2.69. The van der Waals surface area contributed by atoms with Gasteiger partial charge in [0.05, 0.1) is 7.11 Å². The maximum atomic E-state index is 12.4. The molecule has 7 heteroatoms. The third-order valence-electron chi connectivity index (χ3n) is 4.55. The highest BCUT2D eigenvalue weighted by molar-refractivity contribution is 5.92. The van der Waals surface area contributed by atoms with Gasteiger partial charge < -0.3 is 19.9 Å². The first-order valence-electron chi connectivity index (χ1n) is 8.84. The Bertz CT molecular complexity index is 710. The molecule has 1 aliphatic rings. The van der Waals surface area contributed by atoms with Gasteiger partial charge in [-0.1, -0.05) is 12.1 Å². The van der Waals surface area contributed by atoms with E-state index < -0.39 is 0 Å². The molecule has 0 saturated carbocycles. The number of ether oxygens (including phenoxy) is 1. The number of hydrogen-bond acceptors (Lipinski definition) is 6. The number of carbonyl (C=O) groups is 1. The molecular weight excluding hydrogens is 330 g/mol. The van der Waals surface area contributed by atoms with Crippen LogP contribution in [-0.4, -0.2) is 72.8 Å². The van der Waals surface area contributed by atoms with E-state index in [1.165, 1.54) is 5.56 Å². The number of methoxy groups -OCH3 is 1. The Morgan fingerprint density at radius 1 is 1.08 bits per heavy atom. The van der Waals surface area contributed by atoms with Crippen molar-refractivity contribution in [3.63, 3.8) is 0 Å². The fraction of sp³-hybridized carbons (Fsp3) is 0.421. The number of benzene rings is 1. The normalized spacial score (nSPS) is 14.9. The molecule has 0 unspecified atom stereocenters. The molecule has 26 heavy (non-hydrogen) atoms. The molecule has 0 bridgehead atoms. The van der Waals surface area contributed by atoms with Gasteiger partial charge in [0.1, 0.15) is 11.6 Å². The molecule has 0 atom stereocenters. The van der Waals surface area contributed by atoms with Gasteiger partial charge in [-0.25, -0.2) is 0 Å². The molecular formula is C19H25N5O2. The molecule has 7 nitrogen and oxygen atoms in total. The van der Waals surface area contributed by atoms with Crippen molar-refractivity contribution in [2.24, 2.45) is 0 Å². The number of nitrogens with one attached hydrogen (secondary N) is 1. The van der Waals surface area contributed by atoms with Gasteiger partial charge in [0.2, 0.25) is 0 Å². The van der Waals surface area contributed by atoms with Crippen molar-refractivity contribution in [3.8, 4) is 5.75 Å². The van der Waals surface area contributed by atoms with Gasteiger partial charge in [-0.05, 0) is 43.3 Å². The van der Waals surface area contributed by atoms with Crippen LogP contribution in [0.4, 0.5) is 5.82 Å². The van der Waals surface area contributed by atoms with Gasteiger partial charge in [0, 0.05) is 32.7 Å². The first-order valence-corrected chi connectivity index (χ1v) is 8.84. The summed E-state index contributed by atoms with van der Waals surface area (Å²) >= 11 is 0. The van der Waals surface area contributed by atoms with Crippen molar-refractivity contribution in [2.75, 3.05) is 52.2 Å². The van der Waals surface area contributed by atoms with Gasteiger partial charge in [0.15, 0.2) is 5.69 Å². The van der Waals surface area contributed by atoms with Crippen LogP contribution < -0.4 is 10.1 Å². The second-order valence-electron chi connectivity index (χ2n) is 6.42. The molecule has 1 aromatic carbocycles. The molecule has 0 aliphatic carbocycles. The fourth-order valence-electron chi connectivity index (χ4n) is 2.84. The van der Waals surface area contributed by atoms with E-state index >= 15 is 0 Å². The number of rotatable bonds is 6. The smallest absolute Gasteiger partial charge is 0.274 e. The summed E-state index contributed by atoms with van der Waals surface area (Å²) in [4.78, 5) is 16.5. The summed E-state index contributed by atoms with van der Waals surface area (Å²) in [6, 6.07) is 11.5. The summed E-state index contributed by atoms with van der Waals surface area (Å²) in [5, 5.41) is 11.5. The van der Waals surface area contributed by atoms with Crippen molar-refractivity contribution in [1.29, 1.82) is 0 Å². The largest absolute Gasteiger partial charge is 0.497 e. The Kier molecular flexibility index (Phi) is 6.01. The molecule has 3 rings (SSSR count). The van der Waals surface area contributed by atoms with Crippen molar-refractivity contribution >= 4 is 11.7 Å². The highest BCUT2D eigenvalue weighted by Crippen LogP contribution is 2.12. The predicted molar refractivity (Wildman–Crippen MR) is 101 cm³/mol. The van der Waals surface area contributed by atoms with E-state index in [1.54, 1.807) is 13.2 Å². The van der Waals surface area contributed by atoms with Crippen LogP contribution in [0, 0.1) is 0 Å². The zero-order chi connectivity index (χ0) is 18.4. The number of likely N-dealkylation sites (N-methyl/N-ethyl adjacent to an activating group) is 1. The maximum absolute atomic E-state index is 12.4. The molecule has 2 aromatic rings. The predicted octanol–water partition coefficient (Wildman–Crippen LogP) is 1.53. The molecule has 0 spiro atoms. The first kappa shape index (κ1) is 18.1. The van der Waals surface area contributed by atoms with Gasteiger partial charge in [-0.3, -0.25) is 4.79 Å². The van der Waals surface area contributed by atoms with Crippen LogP contribution >= 0.6 is 0 Å². The number of piperazine rings is 1. The summed E-state index contributed by atoms with van der Waals surface area (Å²) in [5.74, 6) is 1.48. The van der Waals surface area contributed by atoms with E-state index in [0.29, 0.717) is 11.5 Å². The molecule has 1 amide bonds. The van der Waals surface area contributed by atoms with Crippen molar-refractivity contribution in [1.82, 2.24) is 20.0 Å². The third kappa shape index (κ3) is 4.70. The zero-order valence-electron chi connectivity index (χ0n) is 15.3. The summed E-state index contributed by atoms with van der Waals surface area (Å²) in [6.45, 7) is 4.00. The first-order chi connectivity index (χ1) is 12.7. The molecule has 1 fully saturated rings. The highest BCUT2D eigenvalue weighted by Gasteiger charge is 2.21. The van der Waals surface area contributed by atoms with E-state index in [0.717, 1.165) is 44.9 Å². The number of amides is 1. The molecule has 2 heterocycles. The van der Waals surface area contributed by atoms with Crippen LogP contribution in [-0.2, 0) is 6.42 Å². The Morgan fingerprint density at radius 2 is 1.81 bits per heavy atom. The van der Waals surface area contributed by atoms with Crippen LogP contribution in [0.25, 0.3) is 0 Å². The van der Waals surface area contributed by atoms with E-state index in [1.807, 2.05) is 35.2 Å². The SMILES string of the molecule is COc1ccc(CCNc2ccc(C(=O)N3CCN(C)CC3)nn2)cc1. The van der Waals surface area contributed by atoms with Crippen molar-refractivity contribution in [2.45, 2.75) is 6.42 Å². The van der Waals surface area contributed by atoms with E-state index in [-0.39, 0.29) is 5.91 Å². The number of anilines is 1. The number of carbonyl (C=O) groups excluding carboxylic acids is 1. The van der Waals surface area contributed by atoms with E-state index in [2.05, 4.69) is 27.5 Å². The summed E-state index contributed by atoms with van der Waals surface area (Å²) in [5.41, 5.74) is 1.61. The van der Waals surface area contributed by atoms with Gasteiger partial charge >= 0.3 is 0 Å². The molecule has 1 saturated heterocycles. The Hall–Kier alpha value is -2.67. The van der Waals surface area contributed by atoms with Crippen LogP contribution in [0.5, 0.6) is 5.75 Å². The minimum atomic E-state index is -0.0459. The number of aromatic nitrogens is 2. The minimum Gasteiger partial charge on any atom is -0.497 e. The number of nitrogens with zero attached hydrogens (tertiary/aromatic N) is 4. The van der Waals surface area contributed by atoms with Crippen LogP contribution in [0.3, 0.4) is 0 Å². The molecule has 1 N–H and O–H groups in total. The van der Waals surface area contributed by atoms with Gasteiger partial charge in [0.25, 0.3) is 5.91 Å². The highest BCUT2D eigenvalue weighted by atomic mass is 16.5. The fourth-order valence-corrected chi connectivity index (χ4v) is 2.84. The number of hydrogen-bond donors (Lipinski definition) is 1. The summed E-state index contributed by atoms with van der Waals surface area (Å²) in [6.07, 6.45) is 0.869. The van der Waals surface area contributed by atoms with E-state index in [9.17, 15) is 4.79 Å². The van der Waals surface area contributed by atoms with Crippen molar-refractivity contribution < 1.29 is 9.53 Å². The average molecular weight is 355 g/mol. The van der Waals surface area contributed by atoms with Gasteiger partial charge in [-0.2, -0.15) is 0 Å². The van der Waals surface area contributed by atoms with E-state index in [4.69, 9.17) is 4.74 Å². The third-order valence-corrected chi connectivity index (χ3v) is 4.55. The summed E-state index contributed by atoms with van der Waals surface area (Å²) in [7, 11) is 3.72. The van der Waals surface area contributed by atoms with Crippen LogP contribution in [0.1, 0.15) is 16.1 Å². The topological polar surface area (TPSA) is 70.6 Å². The van der Waals surface area contributed by atoms with Crippen LogP contribution in [0.2, 0.25) is 0 Å². The molecule has 1 aliphatic heterocycles. The Labute approximate surface area is 154 Å². The Morgan fingerprint density at radius 3 is 2.42 bits per heavy atom. The monoisotopic (exact) mass is 355 g/mol. The molecule has 1 aromatic heterocycles. The lowest BCUT2D eigenvalue weighted by Gasteiger charge is -2.32. The zero-order valence-corrected chi connectivity index (χ0v) is 15.3. The van der Waals surface area contributed by atoms with Crippen LogP contribution in [0.15, 0.2) is 36.4 Å². The molecule has 138 valence electrons. The van der Waals surface area contributed by atoms with Crippen molar-refractivity contribution in [3.05, 3.63) is 47.7 Å². The second-order valence-corrected chi connectivity index (χ2v) is 6.42.